The van der Waals surface area contributed by atoms with E-state index < -0.39 is 0 Å². The maximum Gasteiger partial charge on any atom is 0.215 e. The molecule has 1 aliphatic rings. The van der Waals surface area contributed by atoms with Gasteiger partial charge < -0.3 is 4.74 Å². The first-order valence-electron chi connectivity index (χ1n) is 3.91. The summed E-state index contributed by atoms with van der Waals surface area (Å²) in [5, 5.41) is 0. The number of fused-ring (bicyclic) bond motifs is 1. The van der Waals surface area contributed by atoms with Crippen molar-refractivity contribution in [1.82, 2.24) is 4.98 Å². The lowest BCUT2D eigenvalue weighted by molar-refractivity contribution is 0.100. The minimum atomic E-state index is 0.0557. The quantitative estimate of drug-likeness (QED) is 0.649. The highest BCUT2D eigenvalue weighted by molar-refractivity contribution is 6.09. The van der Waals surface area contributed by atoms with Crippen LogP contribution in [0.3, 0.4) is 0 Å². The molecule has 0 aliphatic carbocycles. The van der Waals surface area contributed by atoms with E-state index in [0.29, 0.717) is 23.6 Å². The maximum atomic E-state index is 11.3. The van der Waals surface area contributed by atoms with Crippen LogP contribution in [0.2, 0.25) is 0 Å². The first-order valence-corrected chi connectivity index (χ1v) is 3.91. The molecule has 0 saturated heterocycles. The molecule has 0 saturated carbocycles. The largest absolute Gasteiger partial charge is 0.481 e. The van der Waals surface area contributed by atoms with Gasteiger partial charge in [-0.1, -0.05) is 0 Å². The van der Waals surface area contributed by atoms with Gasteiger partial charge in [-0.05, 0) is 0 Å². The summed E-state index contributed by atoms with van der Waals surface area (Å²) in [4.78, 5) is 19.3. The Kier molecular flexibility index (Phi) is 1.81. The summed E-state index contributed by atoms with van der Waals surface area (Å²) in [6.07, 6.45) is 3.47. The first kappa shape index (κ1) is 7.91. The van der Waals surface area contributed by atoms with Gasteiger partial charge in [0.2, 0.25) is 5.88 Å². The molecule has 0 bridgehead atoms. The number of hydrogen-bond donors (Lipinski definition) is 0. The smallest absolute Gasteiger partial charge is 0.215 e. The Hall–Kier alpha value is -1.71. The second kappa shape index (κ2) is 2.97. The Bertz CT molecular complexity index is 385. The third-order valence-electron chi connectivity index (χ3n) is 1.87. The van der Waals surface area contributed by atoms with Crippen LogP contribution in [0.5, 0.6) is 5.88 Å². The average molecular weight is 176 g/mol. The predicted molar refractivity (Wildman–Crippen MR) is 47.9 cm³/mol. The van der Waals surface area contributed by atoms with Crippen LogP contribution in [-0.2, 0) is 0 Å². The fourth-order valence-corrected chi connectivity index (χ4v) is 1.20. The number of methoxy groups -OCH3 is 1. The van der Waals surface area contributed by atoms with E-state index in [9.17, 15) is 4.79 Å². The number of rotatable bonds is 1. The van der Waals surface area contributed by atoms with Gasteiger partial charge in [0, 0.05) is 24.9 Å². The topological polar surface area (TPSA) is 51.5 Å². The molecule has 0 N–H and O–H groups in total. The fraction of sp³-hybridized carbons (Fsp3) is 0.222. The average Bonchev–Trinajstić information content (AvgIpc) is 2.18. The van der Waals surface area contributed by atoms with E-state index >= 15 is 0 Å². The lowest BCUT2D eigenvalue weighted by atomic mass is 10.1. The van der Waals surface area contributed by atoms with Crippen molar-refractivity contribution in [1.29, 1.82) is 0 Å². The summed E-state index contributed by atoms with van der Waals surface area (Å²) < 4.78 is 4.92. The summed E-state index contributed by atoms with van der Waals surface area (Å²) in [6, 6.07) is 1.66. The summed E-state index contributed by atoms with van der Waals surface area (Å²) >= 11 is 0. The molecular formula is C9H8N2O2. The molecule has 0 amide bonds. The molecule has 2 heterocycles. The lowest BCUT2D eigenvalue weighted by Gasteiger charge is -2.08. The molecule has 4 heteroatoms. The highest BCUT2D eigenvalue weighted by Crippen LogP contribution is 2.26. The first-order chi connectivity index (χ1) is 6.31. The molecule has 66 valence electrons. The molecule has 2 rings (SSSR count). The van der Waals surface area contributed by atoms with Crippen LogP contribution in [0.15, 0.2) is 17.3 Å². The monoisotopic (exact) mass is 176 g/mol. The molecule has 4 nitrogen and oxygen atoms in total. The third kappa shape index (κ3) is 1.30. The highest BCUT2D eigenvalue weighted by Gasteiger charge is 2.15. The number of nitrogens with zero attached hydrogens (tertiary/aromatic N) is 2. The highest BCUT2D eigenvalue weighted by atomic mass is 16.5. The number of aliphatic imine (C=N–C) groups is 1. The van der Waals surface area contributed by atoms with Crippen molar-refractivity contribution in [3.63, 3.8) is 0 Å². The maximum absolute atomic E-state index is 11.3. The second-order valence-electron chi connectivity index (χ2n) is 2.68. The molecule has 0 spiro atoms. The molecule has 1 aromatic rings. The van der Waals surface area contributed by atoms with Crippen LogP contribution in [0.1, 0.15) is 16.8 Å². The van der Waals surface area contributed by atoms with E-state index in [1.54, 1.807) is 12.3 Å². The number of hydrogen-bond acceptors (Lipinski definition) is 4. The van der Waals surface area contributed by atoms with Crippen molar-refractivity contribution in [3.05, 3.63) is 17.8 Å². The van der Waals surface area contributed by atoms with Crippen molar-refractivity contribution in [2.75, 3.05) is 7.11 Å². The third-order valence-corrected chi connectivity index (χ3v) is 1.87. The van der Waals surface area contributed by atoms with E-state index in [4.69, 9.17) is 4.74 Å². The van der Waals surface area contributed by atoms with Crippen molar-refractivity contribution in [2.24, 2.45) is 4.99 Å². The SMILES string of the molecule is COc1cc2c(cn1)C(=O)CC=N2. The Labute approximate surface area is 75.3 Å². The summed E-state index contributed by atoms with van der Waals surface area (Å²) in [5.41, 5.74) is 1.21. The van der Waals surface area contributed by atoms with E-state index in [2.05, 4.69) is 9.98 Å². The van der Waals surface area contributed by atoms with E-state index in [1.807, 2.05) is 0 Å². The van der Waals surface area contributed by atoms with Gasteiger partial charge in [-0.3, -0.25) is 9.79 Å². The molecule has 0 unspecified atom stereocenters. The van der Waals surface area contributed by atoms with Crippen LogP contribution in [-0.4, -0.2) is 24.1 Å². The van der Waals surface area contributed by atoms with Crippen molar-refractivity contribution in [3.8, 4) is 5.88 Å². The van der Waals surface area contributed by atoms with Crippen LogP contribution in [0.25, 0.3) is 0 Å². The minimum Gasteiger partial charge on any atom is -0.481 e. The van der Waals surface area contributed by atoms with Gasteiger partial charge in [-0.2, -0.15) is 0 Å². The lowest BCUT2D eigenvalue weighted by Crippen LogP contribution is -2.05. The summed E-state index contributed by atoms with van der Waals surface area (Å²) in [6.45, 7) is 0. The Morgan fingerprint density at radius 1 is 1.54 bits per heavy atom. The Balaban J connectivity index is 2.53. The fourth-order valence-electron chi connectivity index (χ4n) is 1.20. The van der Waals surface area contributed by atoms with Crippen LogP contribution in [0.4, 0.5) is 5.69 Å². The molecule has 0 radical (unpaired) electrons. The number of ketones is 1. The van der Waals surface area contributed by atoms with Crippen LogP contribution >= 0.6 is 0 Å². The van der Waals surface area contributed by atoms with Gasteiger partial charge >= 0.3 is 0 Å². The van der Waals surface area contributed by atoms with Crippen molar-refractivity contribution in [2.45, 2.75) is 6.42 Å². The van der Waals surface area contributed by atoms with Gasteiger partial charge in [0.05, 0.1) is 18.4 Å². The number of aromatic nitrogens is 1. The second-order valence-corrected chi connectivity index (χ2v) is 2.68. The molecule has 0 aromatic carbocycles. The molecule has 0 atom stereocenters. The molecule has 1 aliphatic heterocycles. The zero-order valence-electron chi connectivity index (χ0n) is 7.15. The van der Waals surface area contributed by atoms with Gasteiger partial charge in [0.1, 0.15) is 0 Å². The van der Waals surface area contributed by atoms with E-state index in [0.717, 1.165) is 0 Å². The predicted octanol–water partition coefficient (Wildman–Crippen LogP) is 1.38. The zero-order chi connectivity index (χ0) is 9.26. The number of ether oxygens (including phenoxy) is 1. The summed E-state index contributed by atoms with van der Waals surface area (Å²) in [5.74, 6) is 0.533. The Morgan fingerprint density at radius 3 is 3.15 bits per heavy atom. The number of carbonyl (C=O) groups is 1. The molecule has 0 fully saturated rings. The minimum absolute atomic E-state index is 0.0557. The van der Waals surface area contributed by atoms with E-state index in [1.165, 1.54) is 13.3 Å². The number of carbonyl (C=O) groups excluding carboxylic acids is 1. The zero-order valence-corrected chi connectivity index (χ0v) is 7.15. The summed E-state index contributed by atoms with van der Waals surface area (Å²) in [7, 11) is 1.53. The van der Waals surface area contributed by atoms with Crippen molar-refractivity contribution < 1.29 is 9.53 Å². The van der Waals surface area contributed by atoms with Gasteiger partial charge in [0.25, 0.3) is 0 Å². The van der Waals surface area contributed by atoms with Crippen LogP contribution < -0.4 is 4.74 Å². The standard InChI is InChI=1S/C9H8N2O2/c1-13-9-4-7-6(5-11-9)8(12)2-3-10-7/h3-5H,2H2,1H3. The molecule has 13 heavy (non-hydrogen) atoms. The van der Waals surface area contributed by atoms with Gasteiger partial charge in [-0.15, -0.1) is 0 Å². The van der Waals surface area contributed by atoms with Gasteiger partial charge in [-0.25, -0.2) is 4.98 Å². The molecular weight excluding hydrogens is 168 g/mol. The normalized spacial score (nSPS) is 14.1. The van der Waals surface area contributed by atoms with Crippen LogP contribution in [0, 0.1) is 0 Å². The number of pyridine rings is 1. The Morgan fingerprint density at radius 2 is 2.38 bits per heavy atom. The van der Waals surface area contributed by atoms with Crippen molar-refractivity contribution >= 4 is 17.7 Å². The molecule has 1 aromatic heterocycles. The number of Topliss-reactive ketones (excluding diaryl/α,β-unsaturated/α-hetero) is 1. The van der Waals surface area contributed by atoms with Gasteiger partial charge in [0.15, 0.2) is 5.78 Å². The van der Waals surface area contributed by atoms with E-state index in [-0.39, 0.29) is 5.78 Å².